The molecule has 0 aliphatic carbocycles. The molecule has 122 valence electrons. The molecule has 3 rings (SSSR count). The van der Waals surface area contributed by atoms with E-state index < -0.39 is 15.7 Å². The largest absolute Gasteiger partial charge is 0.306 e. The Hall–Kier alpha value is -2.22. The van der Waals surface area contributed by atoms with E-state index >= 15 is 0 Å². The second-order valence-electron chi connectivity index (χ2n) is 4.75. The SMILES string of the molecule is O=C(Nc1ccccn1)c1ccc(S(=O)(=O)c2ccc(Cl)cc2)s1. The lowest BCUT2D eigenvalue weighted by molar-refractivity contribution is 0.103. The van der Waals surface area contributed by atoms with Gasteiger partial charge in [-0.2, -0.15) is 0 Å². The third-order valence-electron chi connectivity index (χ3n) is 3.10. The van der Waals surface area contributed by atoms with E-state index in [1.165, 1.54) is 36.4 Å². The molecule has 0 saturated heterocycles. The summed E-state index contributed by atoms with van der Waals surface area (Å²) < 4.78 is 25.2. The highest BCUT2D eigenvalue weighted by Crippen LogP contribution is 2.28. The Morgan fingerprint density at radius 1 is 1.04 bits per heavy atom. The first kappa shape index (κ1) is 16.6. The van der Waals surface area contributed by atoms with Crippen LogP contribution in [0.2, 0.25) is 5.02 Å². The van der Waals surface area contributed by atoms with Gasteiger partial charge in [0, 0.05) is 11.2 Å². The molecular formula is C16H11ClN2O3S2. The van der Waals surface area contributed by atoms with E-state index in [4.69, 9.17) is 11.6 Å². The highest BCUT2D eigenvalue weighted by molar-refractivity contribution is 7.93. The number of halogens is 1. The molecule has 0 aliphatic rings. The molecule has 0 bridgehead atoms. The Morgan fingerprint density at radius 2 is 1.79 bits per heavy atom. The van der Waals surface area contributed by atoms with Crippen LogP contribution < -0.4 is 5.32 Å². The molecule has 0 radical (unpaired) electrons. The minimum atomic E-state index is -3.68. The molecule has 0 spiro atoms. The quantitative estimate of drug-likeness (QED) is 0.747. The summed E-state index contributed by atoms with van der Waals surface area (Å²) in [7, 11) is -3.68. The van der Waals surface area contributed by atoms with Crippen LogP contribution in [0.3, 0.4) is 0 Å². The molecule has 0 saturated carbocycles. The number of sulfone groups is 1. The first-order valence-corrected chi connectivity index (χ1v) is 9.47. The minimum Gasteiger partial charge on any atom is -0.306 e. The van der Waals surface area contributed by atoms with E-state index in [0.29, 0.717) is 10.8 Å². The molecule has 1 amide bonds. The van der Waals surface area contributed by atoms with Gasteiger partial charge < -0.3 is 5.32 Å². The van der Waals surface area contributed by atoms with Gasteiger partial charge in [-0.25, -0.2) is 13.4 Å². The smallest absolute Gasteiger partial charge is 0.266 e. The third-order valence-corrected chi connectivity index (χ3v) is 6.70. The van der Waals surface area contributed by atoms with Gasteiger partial charge in [0.2, 0.25) is 9.84 Å². The van der Waals surface area contributed by atoms with Crippen molar-refractivity contribution in [3.63, 3.8) is 0 Å². The van der Waals surface area contributed by atoms with Gasteiger partial charge in [-0.3, -0.25) is 4.79 Å². The van der Waals surface area contributed by atoms with Crippen molar-refractivity contribution in [3.05, 3.63) is 70.7 Å². The number of benzene rings is 1. The topological polar surface area (TPSA) is 76.1 Å². The zero-order valence-electron chi connectivity index (χ0n) is 12.1. The van der Waals surface area contributed by atoms with Gasteiger partial charge in [-0.1, -0.05) is 17.7 Å². The third kappa shape index (κ3) is 3.48. The minimum absolute atomic E-state index is 0.0935. The molecule has 0 unspecified atom stereocenters. The average molecular weight is 379 g/mol. The van der Waals surface area contributed by atoms with E-state index in [0.717, 1.165) is 11.3 Å². The summed E-state index contributed by atoms with van der Waals surface area (Å²) in [5.74, 6) is -0.00531. The number of amides is 1. The first-order valence-electron chi connectivity index (χ1n) is 6.80. The standard InChI is InChI=1S/C16H11ClN2O3S2/c17-11-4-6-12(7-5-11)24(21,22)15-9-8-13(23-15)16(20)19-14-3-1-2-10-18-14/h1-10H,(H,18,19,20). The number of thiophene rings is 1. The number of hydrogen-bond donors (Lipinski definition) is 1. The number of nitrogens with one attached hydrogen (secondary N) is 1. The Bertz CT molecular complexity index is 968. The Morgan fingerprint density at radius 3 is 2.46 bits per heavy atom. The molecule has 5 nitrogen and oxygen atoms in total. The maximum atomic E-state index is 12.6. The van der Waals surface area contributed by atoms with Crippen molar-refractivity contribution in [2.45, 2.75) is 9.10 Å². The van der Waals surface area contributed by atoms with Crippen molar-refractivity contribution in [1.29, 1.82) is 0 Å². The normalized spacial score (nSPS) is 11.2. The highest BCUT2D eigenvalue weighted by atomic mass is 35.5. The Kier molecular flexibility index (Phi) is 4.66. The van der Waals surface area contributed by atoms with Crippen LogP contribution in [0.4, 0.5) is 5.82 Å². The number of nitrogens with zero attached hydrogens (tertiary/aromatic N) is 1. The van der Waals surface area contributed by atoms with Crippen LogP contribution in [0.5, 0.6) is 0 Å². The van der Waals surface area contributed by atoms with Gasteiger partial charge >= 0.3 is 0 Å². The van der Waals surface area contributed by atoms with Crippen LogP contribution in [-0.4, -0.2) is 19.3 Å². The van der Waals surface area contributed by atoms with E-state index in [-0.39, 0.29) is 14.0 Å². The zero-order valence-corrected chi connectivity index (χ0v) is 14.5. The Labute approximate surface area is 147 Å². The molecule has 2 aromatic heterocycles. The van der Waals surface area contributed by atoms with E-state index in [9.17, 15) is 13.2 Å². The summed E-state index contributed by atoms with van der Waals surface area (Å²) in [5, 5.41) is 3.07. The summed E-state index contributed by atoms with van der Waals surface area (Å²) in [5.41, 5.74) is 0. The van der Waals surface area contributed by atoms with Gasteiger partial charge in [-0.05, 0) is 48.5 Å². The van der Waals surface area contributed by atoms with Crippen LogP contribution in [-0.2, 0) is 9.84 Å². The predicted molar refractivity (Wildman–Crippen MR) is 93.4 cm³/mol. The summed E-state index contributed by atoms with van der Waals surface area (Å²) in [6.45, 7) is 0. The maximum absolute atomic E-state index is 12.6. The van der Waals surface area contributed by atoms with E-state index in [2.05, 4.69) is 10.3 Å². The number of aromatic nitrogens is 1. The van der Waals surface area contributed by atoms with Gasteiger partial charge in [0.25, 0.3) is 5.91 Å². The molecule has 0 atom stereocenters. The van der Waals surface area contributed by atoms with Gasteiger partial charge in [0.1, 0.15) is 10.0 Å². The van der Waals surface area contributed by atoms with Crippen LogP contribution in [0.1, 0.15) is 9.67 Å². The fourth-order valence-corrected chi connectivity index (χ4v) is 4.66. The van der Waals surface area contributed by atoms with Gasteiger partial charge in [0.05, 0.1) is 9.77 Å². The van der Waals surface area contributed by atoms with Crippen molar-refractivity contribution >= 4 is 44.5 Å². The van der Waals surface area contributed by atoms with Crippen molar-refractivity contribution in [3.8, 4) is 0 Å². The van der Waals surface area contributed by atoms with E-state index in [1.54, 1.807) is 24.4 Å². The number of carbonyl (C=O) groups excluding carboxylic acids is 1. The number of hydrogen-bond acceptors (Lipinski definition) is 5. The summed E-state index contributed by atoms with van der Waals surface area (Å²) >= 11 is 6.68. The fraction of sp³-hybridized carbons (Fsp3) is 0. The average Bonchev–Trinajstić information content (AvgIpc) is 3.07. The second-order valence-corrected chi connectivity index (χ2v) is 8.44. The van der Waals surface area contributed by atoms with Crippen LogP contribution >= 0.6 is 22.9 Å². The number of rotatable bonds is 4. The molecule has 2 heterocycles. The second kappa shape index (κ2) is 6.72. The molecule has 8 heteroatoms. The monoisotopic (exact) mass is 378 g/mol. The van der Waals surface area contributed by atoms with Gasteiger partial charge in [0.15, 0.2) is 0 Å². The molecule has 1 aromatic carbocycles. The van der Waals surface area contributed by atoms with Crippen LogP contribution in [0, 0.1) is 0 Å². The summed E-state index contributed by atoms with van der Waals surface area (Å²) in [4.78, 5) is 16.6. The molecule has 1 N–H and O–H groups in total. The number of anilines is 1. The van der Waals surface area contributed by atoms with Crippen LogP contribution in [0.15, 0.2) is 69.9 Å². The lowest BCUT2D eigenvalue weighted by Gasteiger charge is -2.02. The highest BCUT2D eigenvalue weighted by Gasteiger charge is 2.21. The summed E-state index contributed by atoms with van der Waals surface area (Å²) in [6.07, 6.45) is 1.56. The Balaban J connectivity index is 1.84. The lowest BCUT2D eigenvalue weighted by Crippen LogP contribution is -2.10. The zero-order chi connectivity index (χ0) is 17.2. The number of pyridine rings is 1. The fourth-order valence-electron chi connectivity index (χ4n) is 1.93. The lowest BCUT2D eigenvalue weighted by atomic mass is 10.4. The van der Waals surface area contributed by atoms with Crippen molar-refractivity contribution in [1.82, 2.24) is 4.98 Å². The molecule has 3 aromatic rings. The van der Waals surface area contributed by atoms with Crippen molar-refractivity contribution < 1.29 is 13.2 Å². The predicted octanol–water partition coefficient (Wildman–Crippen LogP) is 3.88. The maximum Gasteiger partial charge on any atom is 0.266 e. The first-order chi connectivity index (χ1) is 11.5. The van der Waals surface area contributed by atoms with Crippen LogP contribution in [0.25, 0.3) is 0 Å². The van der Waals surface area contributed by atoms with Crippen molar-refractivity contribution in [2.24, 2.45) is 0 Å². The number of carbonyl (C=O) groups is 1. The molecular weight excluding hydrogens is 368 g/mol. The van der Waals surface area contributed by atoms with E-state index in [1.807, 2.05) is 0 Å². The van der Waals surface area contributed by atoms with Crippen molar-refractivity contribution in [2.75, 3.05) is 5.32 Å². The van der Waals surface area contributed by atoms with Gasteiger partial charge in [-0.15, -0.1) is 11.3 Å². The summed E-state index contributed by atoms with van der Waals surface area (Å²) in [6, 6.07) is 13.9. The molecule has 0 fully saturated rings. The molecule has 24 heavy (non-hydrogen) atoms. The molecule has 0 aliphatic heterocycles.